The molecule has 0 aliphatic carbocycles. The summed E-state index contributed by atoms with van der Waals surface area (Å²) < 4.78 is 5.45. The number of hydrogen-bond acceptors (Lipinski definition) is 4. The second-order valence-corrected chi connectivity index (χ2v) is 5.22. The Morgan fingerprint density at radius 2 is 1.82 bits per heavy atom. The lowest BCUT2D eigenvalue weighted by molar-refractivity contribution is 0.0127. The van der Waals surface area contributed by atoms with Crippen molar-refractivity contribution in [3.8, 4) is 0 Å². The van der Waals surface area contributed by atoms with Gasteiger partial charge in [-0.2, -0.15) is 0 Å². The van der Waals surface area contributed by atoms with Crippen LogP contribution < -0.4 is 5.73 Å². The first-order chi connectivity index (χ1) is 8.35. The van der Waals surface area contributed by atoms with Gasteiger partial charge in [-0.25, -0.2) is 0 Å². The number of rotatable bonds is 4. The molecule has 2 aliphatic rings. The molecule has 2 aliphatic heterocycles. The number of nitrogens with two attached hydrogens (primary N) is 1. The third-order valence-corrected chi connectivity index (χ3v) is 4.37. The second-order valence-electron chi connectivity index (χ2n) is 5.22. The van der Waals surface area contributed by atoms with Crippen LogP contribution in [0.4, 0.5) is 0 Å². The van der Waals surface area contributed by atoms with E-state index in [4.69, 9.17) is 10.5 Å². The van der Waals surface area contributed by atoms with Crippen molar-refractivity contribution < 1.29 is 4.74 Å². The molecule has 2 fully saturated rings. The third-order valence-electron chi connectivity index (χ3n) is 4.37. The molecule has 2 N–H and O–H groups in total. The van der Waals surface area contributed by atoms with Crippen LogP contribution in [0, 0.1) is 5.92 Å². The van der Waals surface area contributed by atoms with E-state index in [9.17, 15) is 0 Å². The molecular weight excluding hydrogens is 214 g/mol. The zero-order chi connectivity index (χ0) is 12.1. The van der Waals surface area contributed by atoms with Gasteiger partial charge in [0, 0.05) is 52.0 Å². The predicted molar refractivity (Wildman–Crippen MR) is 70.1 cm³/mol. The summed E-state index contributed by atoms with van der Waals surface area (Å²) >= 11 is 0. The standard InChI is InChI=1S/C13H27N3O/c1-2-15-5-7-16(8-6-15)13(11-14)12-3-9-17-10-4-12/h12-13H,2-11,14H2,1H3. The Bertz CT molecular complexity index is 211. The highest BCUT2D eigenvalue weighted by Crippen LogP contribution is 2.23. The molecule has 1 unspecified atom stereocenters. The lowest BCUT2D eigenvalue weighted by Crippen LogP contribution is -2.55. The smallest absolute Gasteiger partial charge is 0.0469 e. The summed E-state index contributed by atoms with van der Waals surface area (Å²) in [5.74, 6) is 0.752. The molecule has 0 spiro atoms. The summed E-state index contributed by atoms with van der Waals surface area (Å²) in [5, 5.41) is 0. The monoisotopic (exact) mass is 241 g/mol. The highest BCUT2D eigenvalue weighted by atomic mass is 16.5. The first-order valence-corrected chi connectivity index (χ1v) is 7.09. The van der Waals surface area contributed by atoms with Crippen molar-refractivity contribution in [2.75, 3.05) is 52.5 Å². The molecule has 2 rings (SSSR count). The number of hydrogen-bond donors (Lipinski definition) is 1. The van der Waals surface area contributed by atoms with E-state index in [1.54, 1.807) is 0 Å². The van der Waals surface area contributed by atoms with Gasteiger partial charge in [-0.05, 0) is 25.3 Å². The zero-order valence-electron chi connectivity index (χ0n) is 11.1. The van der Waals surface area contributed by atoms with Crippen molar-refractivity contribution in [1.82, 2.24) is 9.80 Å². The van der Waals surface area contributed by atoms with Crippen LogP contribution in [0.15, 0.2) is 0 Å². The molecule has 0 saturated carbocycles. The van der Waals surface area contributed by atoms with E-state index in [2.05, 4.69) is 16.7 Å². The van der Waals surface area contributed by atoms with Gasteiger partial charge in [0.1, 0.15) is 0 Å². The molecule has 100 valence electrons. The van der Waals surface area contributed by atoms with Crippen LogP contribution in [0.25, 0.3) is 0 Å². The van der Waals surface area contributed by atoms with E-state index in [0.717, 1.165) is 25.7 Å². The van der Waals surface area contributed by atoms with Crippen LogP contribution in [0.3, 0.4) is 0 Å². The Hall–Kier alpha value is -0.160. The fraction of sp³-hybridized carbons (Fsp3) is 1.00. The van der Waals surface area contributed by atoms with Gasteiger partial charge in [-0.1, -0.05) is 6.92 Å². The Kier molecular flexibility index (Phi) is 5.22. The van der Waals surface area contributed by atoms with Crippen molar-refractivity contribution in [3.63, 3.8) is 0 Å². The number of ether oxygens (including phenoxy) is 1. The SMILES string of the molecule is CCN1CCN(C(CN)C2CCOCC2)CC1. The van der Waals surface area contributed by atoms with Gasteiger partial charge in [0.25, 0.3) is 0 Å². The van der Waals surface area contributed by atoms with Crippen LogP contribution in [-0.2, 0) is 4.74 Å². The lowest BCUT2D eigenvalue weighted by atomic mass is 9.90. The minimum absolute atomic E-state index is 0.581. The molecule has 0 aromatic rings. The average Bonchev–Trinajstić information content (AvgIpc) is 2.42. The van der Waals surface area contributed by atoms with E-state index in [1.807, 2.05) is 0 Å². The topological polar surface area (TPSA) is 41.7 Å². The first-order valence-electron chi connectivity index (χ1n) is 7.09. The largest absolute Gasteiger partial charge is 0.381 e. The summed E-state index contributed by atoms with van der Waals surface area (Å²) in [4.78, 5) is 5.14. The van der Waals surface area contributed by atoms with Gasteiger partial charge in [0.15, 0.2) is 0 Å². The molecule has 4 heteroatoms. The molecule has 0 amide bonds. The predicted octanol–water partition coefficient (Wildman–Crippen LogP) is 0.378. The first kappa shape index (κ1) is 13.3. The maximum atomic E-state index is 6.01. The van der Waals surface area contributed by atoms with Crippen molar-refractivity contribution in [1.29, 1.82) is 0 Å². The van der Waals surface area contributed by atoms with Gasteiger partial charge in [-0.3, -0.25) is 4.90 Å². The normalized spacial score (nSPS) is 27.2. The highest BCUT2D eigenvalue weighted by molar-refractivity contribution is 4.85. The van der Waals surface area contributed by atoms with Crippen molar-refractivity contribution in [2.24, 2.45) is 11.7 Å². The van der Waals surface area contributed by atoms with Gasteiger partial charge >= 0.3 is 0 Å². The molecule has 0 aromatic carbocycles. The van der Waals surface area contributed by atoms with Crippen molar-refractivity contribution in [3.05, 3.63) is 0 Å². The van der Waals surface area contributed by atoms with Crippen LogP contribution >= 0.6 is 0 Å². The molecule has 0 radical (unpaired) electrons. The molecule has 1 atom stereocenters. The minimum Gasteiger partial charge on any atom is -0.381 e. The summed E-state index contributed by atoms with van der Waals surface area (Å²) in [7, 11) is 0. The van der Waals surface area contributed by atoms with Gasteiger partial charge < -0.3 is 15.4 Å². The zero-order valence-corrected chi connectivity index (χ0v) is 11.1. The van der Waals surface area contributed by atoms with Gasteiger partial charge in [-0.15, -0.1) is 0 Å². The maximum absolute atomic E-state index is 6.01. The van der Waals surface area contributed by atoms with E-state index < -0.39 is 0 Å². The maximum Gasteiger partial charge on any atom is 0.0469 e. The highest BCUT2D eigenvalue weighted by Gasteiger charge is 2.29. The number of likely N-dealkylation sites (N-methyl/N-ethyl adjacent to an activating group) is 1. The van der Waals surface area contributed by atoms with Crippen LogP contribution in [0.2, 0.25) is 0 Å². The molecule has 2 heterocycles. The van der Waals surface area contributed by atoms with E-state index >= 15 is 0 Å². The summed E-state index contributed by atoms with van der Waals surface area (Å²) in [6.07, 6.45) is 2.38. The van der Waals surface area contributed by atoms with Gasteiger partial charge in [0.05, 0.1) is 0 Å². The molecule has 2 saturated heterocycles. The van der Waals surface area contributed by atoms with Crippen LogP contribution in [-0.4, -0.2) is 68.3 Å². The molecule has 0 aromatic heterocycles. The second kappa shape index (κ2) is 6.69. The Labute approximate surface area is 105 Å². The fourth-order valence-electron chi connectivity index (χ4n) is 3.15. The van der Waals surface area contributed by atoms with E-state index in [-0.39, 0.29) is 0 Å². The summed E-state index contributed by atoms with van der Waals surface area (Å²) in [5.41, 5.74) is 6.01. The Balaban J connectivity index is 1.85. The van der Waals surface area contributed by atoms with Crippen LogP contribution in [0.5, 0.6) is 0 Å². The molecule has 0 bridgehead atoms. The Morgan fingerprint density at radius 1 is 1.18 bits per heavy atom. The number of nitrogens with zero attached hydrogens (tertiary/aromatic N) is 2. The van der Waals surface area contributed by atoms with E-state index in [1.165, 1.54) is 45.6 Å². The fourth-order valence-corrected chi connectivity index (χ4v) is 3.15. The average molecular weight is 241 g/mol. The molecule has 17 heavy (non-hydrogen) atoms. The quantitative estimate of drug-likeness (QED) is 0.772. The van der Waals surface area contributed by atoms with Gasteiger partial charge in [0.2, 0.25) is 0 Å². The van der Waals surface area contributed by atoms with E-state index in [0.29, 0.717) is 6.04 Å². The van der Waals surface area contributed by atoms with Crippen LogP contribution in [0.1, 0.15) is 19.8 Å². The molecular formula is C13H27N3O. The third kappa shape index (κ3) is 3.41. The Morgan fingerprint density at radius 3 is 2.35 bits per heavy atom. The summed E-state index contributed by atoms with van der Waals surface area (Å²) in [6, 6.07) is 0.581. The van der Waals surface area contributed by atoms with Crippen molar-refractivity contribution in [2.45, 2.75) is 25.8 Å². The minimum atomic E-state index is 0.581. The lowest BCUT2D eigenvalue weighted by Gasteiger charge is -2.42. The van der Waals surface area contributed by atoms with Crippen molar-refractivity contribution >= 4 is 0 Å². The summed E-state index contributed by atoms with van der Waals surface area (Å²) in [6.45, 7) is 10.9. The molecule has 4 nitrogen and oxygen atoms in total. The number of piperazine rings is 1.